The number of halogens is 5. The van der Waals surface area contributed by atoms with Crippen molar-refractivity contribution in [2.75, 3.05) is 5.32 Å². The fourth-order valence-electron chi connectivity index (χ4n) is 1.68. The molecule has 116 valence electrons. The molecule has 0 atom stereocenters. The van der Waals surface area contributed by atoms with Gasteiger partial charge in [-0.2, -0.15) is 13.2 Å². The first-order valence-corrected chi connectivity index (χ1v) is 7.02. The van der Waals surface area contributed by atoms with Crippen molar-refractivity contribution in [2.45, 2.75) is 6.18 Å². The van der Waals surface area contributed by atoms with E-state index in [2.05, 4.69) is 21.2 Å². The van der Waals surface area contributed by atoms with E-state index in [1.165, 1.54) is 18.2 Å². The van der Waals surface area contributed by atoms with Gasteiger partial charge in [0.1, 0.15) is 5.75 Å². The van der Waals surface area contributed by atoms with Crippen molar-refractivity contribution in [3.05, 3.63) is 57.0 Å². The van der Waals surface area contributed by atoms with E-state index in [0.717, 1.165) is 18.2 Å². The first-order valence-electron chi connectivity index (χ1n) is 5.85. The molecule has 2 rings (SSSR count). The Kier molecular flexibility index (Phi) is 4.67. The molecular formula is C14H8BrClF3NO2. The summed E-state index contributed by atoms with van der Waals surface area (Å²) in [5.74, 6) is -0.998. The highest BCUT2D eigenvalue weighted by atomic mass is 79.9. The number of phenolic OH excluding ortho intramolecular Hbond substituents is 1. The van der Waals surface area contributed by atoms with Crippen molar-refractivity contribution >= 4 is 39.1 Å². The van der Waals surface area contributed by atoms with Gasteiger partial charge in [0.05, 0.1) is 16.8 Å². The van der Waals surface area contributed by atoms with Crippen LogP contribution in [0.2, 0.25) is 5.02 Å². The summed E-state index contributed by atoms with van der Waals surface area (Å²) in [4.78, 5) is 12.0. The molecule has 8 heteroatoms. The largest absolute Gasteiger partial charge is 0.507 e. The van der Waals surface area contributed by atoms with E-state index in [9.17, 15) is 23.1 Å². The summed E-state index contributed by atoms with van der Waals surface area (Å²) in [5, 5.41) is 12.3. The van der Waals surface area contributed by atoms with Gasteiger partial charge in [-0.3, -0.25) is 4.79 Å². The average Bonchev–Trinajstić information content (AvgIpc) is 2.39. The Morgan fingerprint density at radius 1 is 1.18 bits per heavy atom. The van der Waals surface area contributed by atoms with Crippen molar-refractivity contribution in [2.24, 2.45) is 0 Å². The summed E-state index contributed by atoms with van der Waals surface area (Å²) < 4.78 is 37.8. The molecule has 0 bridgehead atoms. The van der Waals surface area contributed by atoms with Crippen LogP contribution in [0.1, 0.15) is 15.9 Å². The molecule has 0 unspecified atom stereocenters. The lowest BCUT2D eigenvalue weighted by molar-refractivity contribution is -0.137. The molecule has 0 aliphatic carbocycles. The van der Waals surface area contributed by atoms with E-state index in [1.807, 2.05) is 0 Å². The summed E-state index contributed by atoms with van der Waals surface area (Å²) in [7, 11) is 0. The lowest BCUT2D eigenvalue weighted by atomic mass is 10.1. The number of hydrogen-bond acceptors (Lipinski definition) is 2. The van der Waals surface area contributed by atoms with Gasteiger partial charge in [-0.25, -0.2) is 0 Å². The minimum absolute atomic E-state index is 0.0452. The number of carbonyl (C=O) groups is 1. The Morgan fingerprint density at radius 3 is 2.41 bits per heavy atom. The van der Waals surface area contributed by atoms with Crippen LogP contribution in [0.3, 0.4) is 0 Å². The number of rotatable bonds is 2. The minimum Gasteiger partial charge on any atom is -0.507 e. The summed E-state index contributed by atoms with van der Waals surface area (Å²) >= 11 is 8.63. The fraction of sp³-hybridized carbons (Fsp3) is 0.0714. The summed E-state index contributed by atoms with van der Waals surface area (Å²) in [5.41, 5.74) is -0.740. The standard InChI is InChI=1S/C14H8BrClF3NO2/c15-10-5-7(14(17,18)19)1-4-11(10)20-13(22)9-3-2-8(16)6-12(9)21/h1-6,21H,(H,20,22). The van der Waals surface area contributed by atoms with Crippen molar-refractivity contribution in [3.63, 3.8) is 0 Å². The average molecular weight is 395 g/mol. The number of phenols is 1. The normalized spacial score (nSPS) is 11.3. The van der Waals surface area contributed by atoms with E-state index in [0.29, 0.717) is 0 Å². The quantitative estimate of drug-likeness (QED) is 0.746. The zero-order valence-corrected chi connectivity index (χ0v) is 13.1. The first-order chi connectivity index (χ1) is 10.2. The second-order valence-electron chi connectivity index (χ2n) is 4.31. The number of carbonyl (C=O) groups excluding carboxylic acids is 1. The summed E-state index contributed by atoms with van der Waals surface area (Å²) in [6.07, 6.45) is -4.47. The van der Waals surface area contributed by atoms with Crippen LogP contribution in [0.4, 0.5) is 18.9 Å². The predicted molar refractivity (Wildman–Crippen MR) is 80.2 cm³/mol. The molecule has 2 N–H and O–H groups in total. The molecule has 0 aromatic heterocycles. The van der Waals surface area contributed by atoms with Gasteiger partial charge in [-0.05, 0) is 52.3 Å². The third-order valence-electron chi connectivity index (χ3n) is 2.75. The monoisotopic (exact) mass is 393 g/mol. The van der Waals surface area contributed by atoms with Crippen molar-refractivity contribution in [3.8, 4) is 5.75 Å². The summed E-state index contributed by atoms with van der Waals surface area (Å²) in [6.45, 7) is 0. The number of anilines is 1. The number of amides is 1. The SMILES string of the molecule is O=C(Nc1ccc(C(F)(F)F)cc1Br)c1ccc(Cl)cc1O. The number of alkyl halides is 3. The minimum atomic E-state index is -4.47. The highest BCUT2D eigenvalue weighted by molar-refractivity contribution is 9.10. The molecule has 0 aliphatic rings. The van der Waals surface area contributed by atoms with Gasteiger partial charge in [0.15, 0.2) is 0 Å². The molecule has 0 aliphatic heterocycles. The molecule has 0 radical (unpaired) electrons. The van der Waals surface area contributed by atoms with E-state index in [4.69, 9.17) is 11.6 Å². The third kappa shape index (κ3) is 3.72. The third-order valence-corrected chi connectivity index (χ3v) is 3.64. The lowest BCUT2D eigenvalue weighted by Gasteiger charge is -2.12. The van der Waals surface area contributed by atoms with Crippen LogP contribution in [0.15, 0.2) is 40.9 Å². The fourth-order valence-corrected chi connectivity index (χ4v) is 2.32. The molecular weight excluding hydrogens is 387 g/mol. The number of benzene rings is 2. The molecule has 2 aromatic rings. The second-order valence-corrected chi connectivity index (χ2v) is 5.60. The lowest BCUT2D eigenvalue weighted by Crippen LogP contribution is -2.13. The smallest absolute Gasteiger partial charge is 0.416 e. The number of nitrogens with one attached hydrogen (secondary N) is 1. The van der Waals surface area contributed by atoms with Crippen LogP contribution in [0, 0.1) is 0 Å². The van der Waals surface area contributed by atoms with Gasteiger partial charge >= 0.3 is 6.18 Å². The molecule has 0 saturated heterocycles. The molecule has 0 fully saturated rings. The second kappa shape index (κ2) is 6.18. The molecule has 0 spiro atoms. The Balaban J connectivity index is 2.25. The molecule has 0 heterocycles. The van der Waals surface area contributed by atoms with E-state index in [1.54, 1.807) is 0 Å². The topological polar surface area (TPSA) is 49.3 Å². The Labute approximate surface area is 136 Å². The van der Waals surface area contributed by atoms with Crippen molar-refractivity contribution in [1.29, 1.82) is 0 Å². The van der Waals surface area contributed by atoms with Crippen LogP contribution in [-0.4, -0.2) is 11.0 Å². The Hall–Kier alpha value is -1.73. The van der Waals surface area contributed by atoms with Crippen LogP contribution >= 0.6 is 27.5 Å². The van der Waals surface area contributed by atoms with E-state index >= 15 is 0 Å². The van der Waals surface area contributed by atoms with Gasteiger partial charge in [0.25, 0.3) is 5.91 Å². The highest BCUT2D eigenvalue weighted by Gasteiger charge is 2.31. The van der Waals surface area contributed by atoms with E-state index in [-0.39, 0.29) is 26.5 Å². The highest BCUT2D eigenvalue weighted by Crippen LogP contribution is 2.34. The van der Waals surface area contributed by atoms with E-state index < -0.39 is 17.6 Å². The van der Waals surface area contributed by atoms with Gasteiger partial charge in [-0.15, -0.1) is 0 Å². The van der Waals surface area contributed by atoms with Crippen LogP contribution in [0.25, 0.3) is 0 Å². The first kappa shape index (κ1) is 16.6. The van der Waals surface area contributed by atoms with Crippen LogP contribution < -0.4 is 5.32 Å². The molecule has 22 heavy (non-hydrogen) atoms. The predicted octanol–water partition coefficient (Wildman–Crippen LogP) is 5.08. The van der Waals surface area contributed by atoms with Crippen molar-refractivity contribution < 1.29 is 23.1 Å². The van der Waals surface area contributed by atoms with Gasteiger partial charge in [-0.1, -0.05) is 11.6 Å². The Bertz CT molecular complexity index is 735. The van der Waals surface area contributed by atoms with Gasteiger partial charge < -0.3 is 10.4 Å². The van der Waals surface area contributed by atoms with Gasteiger partial charge in [0.2, 0.25) is 0 Å². The zero-order valence-electron chi connectivity index (χ0n) is 10.7. The van der Waals surface area contributed by atoms with Crippen LogP contribution in [0.5, 0.6) is 5.75 Å². The number of hydrogen-bond donors (Lipinski definition) is 2. The molecule has 3 nitrogen and oxygen atoms in total. The van der Waals surface area contributed by atoms with Crippen LogP contribution in [-0.2, 0) is 6.18 Å². The van der Waals surface area contributed by atoms with Gasteiger partial charge in [0, 0.05) is 9.50 Å². The maximum Gasteiger partial charge on any atom is 0.416 e. The van der Waals surface area contributed by atoms with Crippen molar-refractivity contribution in [1.82, 2.24) is 0 Å². The number of aromatic hydroxyl groups is 1. The molecule has 2 aromatic carbocycles. The summed E-state index contributed by atoms with van der Waals surface area (Å²) in [6, 6.07) is 6.75. The zero-order chi connectivity index (χ0) is 16.5. The maximum absolute atomic E-state index is 12.6. The maximum atomic E-state index is 12.6. The molecule has 0 saturated carbocycles. The molecule has 1 amide bonds. The Morgan fingerprint density at radius 2 is 1.86 bits per heavy atom.